The van der Waals surface area contributed by atoms with Gasteiger partial charge in [0.25, 0.3) is 0 Å². The number of nitrogens with one attached hydrogen (secondary N) is 2. The number of hydrogen-bond donors (Lipinski definition) is 3. The highest BCUT2D eigenvalue weighted by molar-refractivity contribution is 5.91. The number of carbonyl (C=O) groups excluding carboxylic acids is 3. The zero-order chi connectivity index (χ0) is 31.1. The molecule has 1 saturated heterocycles. The summed E-state index contributed by atoms with van der Waals surface area (Å²) in [5, 5.41) is 19.6. The van der Waals surface area contributed by atoms with Gasteiger partial charge in [0.1, 0.15) is 23.2 Å². The van der Waals surface area contributed by atoms with Crippen LogP contribution in [0.15, 0.2) is 22.7 Å². The lowest BCUT2D eigenvalue weighted by atomic mass is 10.0. The van der Waals surface area contributed by atoms with Crippen molar-refractivity contribution in [3.05, 3.63) is 35.2 Å². The minimum absolute atomic E-state index is 0.0406. The molecule has 0 unspecified atom stereocenters. The molecule has 236 valence electrons. The molecule has 13 nitrogen and oxygen atoms in total. The summed E-state index contributed by atoms with van der Waals surface area (Å²) in [6.45, 7) is 11.2. The third kappa shape index (κ3) is 8.46. The number of rotatable bonds is 9. The van der Waals surface area contributed by atoms with Gasteiger partial charge in [0, 0.05) is 56.8 Å². The maximum Gasteiger partial charge on any atom is 0.321 e. The fraction of sp³-hybridized carbons (Fsp3) is 0.600. The van der Waals surface area contributed by atoms with Gasteiger partial charge >= 0.3 is 6.03 Å². The zero-order valence-corrected chi connectivity index (χ0v) is 25.7. The maximum atomic E-state index is 13.5. The molecule has 1 aromatic carbocycles. The van der Waals surface area contributed by atoms with Crippen LogP contribution in [0.1, 0.15) is 37.3 Å². The van der Waals surface area contributed by atoms with E-state index in [-0.39, 0.29) is 43.3 Å². The Morgan fingerprint density at radius 2 is 1.95 bits per heavy atom. The summed E-state index contributed by atoms with van der Waals surface area (Å²) >= 11 is 0. The number of aryl methyl sites for hydroxylation is 2. The van der Waals surface area contributed by atoms with Gasteiger partial charge in [-0.15, -0.1) is 0 Å². The van der Waals surface area contributed by atoms with Crippen molar-refractivity contribution in [3.63, 3.8) is 0 Å². The fourth-order valence-corrected chi connectivity index (χ4v) is 5.25. The number of morpholine rings is 1. The Hall–Kier alpha value is -3.68. The first-order valence-electron chi connectivity index (χ1n) is 14.8. The number of aliphatic hydroxyl groups is 1. The summed E-state index contributed by atoms with van der Waals surface area (Å²) < 4.78 is 17.0. The Bertz CT molecular complexity index is 1260. The lowest BCUT2D eigenvalue weighted by molar-refractivity contribution is -0.134. The molecule has 43 heavy (non-hydrogen) atoms. The number of nitrogens with zero attached hydrogens (tertiary/aromatic N) is 4. The highest BCUT2D eigenvalue weighted by Gasteiger charge is 2.32. The smallest absolute Gasteiger partial charge is 0.321 e. The average molecular weight is 601 g/mol. The maximum absolute atomic E-state index is 13.5. The van der Waals surface area contributed by atoms with Gasteiger partial charge in [-0.05, 0) is 39.0 Å². The van der Waals surface area contributed by atoms with Gasteiger partial charge < -0.3 is 39.5 Å². The Balaban J connectivity index is 1.51. The van der Waals surface area contributed by atoms with Gasteiger partial charge in [-0.1, -0.05) is 12.1 Å². The number of ether oxygens (including phenoxy) is 2. The normalized spacial score (nSPS) is 20.2. The van der Waals surface area contributed by atoms with E-state index < -0.39 is 12.1 Å². The topological polar surface area (TPSA) is 150 Å². The van der Waals surface area contributed by atoms with Crippen LogP contribution < -0.4 is 15.4 Å². The van der Waals surface area contributed by atoms with Crippen LogP contribution in [0.25, 0.3) is 0 Å². The van der Waals surface area contributed by atoms with Gasteiger partial charge in [-0.2, -0.15) is 0 Å². The second kappa shape index (κ2) is 14.7. The van der Waals surface area contributed by atoms with Crippen LogP contribution in [0.2, 0.25) is 0 Å². The summed E-state index contributed by atoms with van der Waals surface area (Å²) in [6.07, 6.45) is -0.0951. The molecule has 0 bridgehead atoms. The molecule has 0 saturated carbocycles. The predicted molar refractivity (Wildman–Crippen MR) is 160 cm³/mol. The Morgan fingerprint density at radius 3 is 2.63 bits per heavy atom. The SMILES string of the molecule is Cc1noc(C)c1NC(=O)N(C)C[C@@H]1Oc2ccc(NC(=O)CCN3CCOCC3)cc2CC(=O)N([C@H](C)CO)C[C@H]1C. The van der Waals surface area contributed by atoms with Crippen molar-refractivity contribution in [1.82, 2.24) is 19.9 Å². The number of aliphatic hydroxyl groups excluding tert-OH is 1. The van der Waals surface area contributed by atoms with Crippen LogP contribution >= 0.6 is 0 Å². The molecule has 2 aromatic rings. The van der Waals surface area contributed by atoms with E-state index in [4.69, 9.17) is 14.0 Å². The lowest BCUT2D eigenvalue weighted by Crippen LogP contribution is -2.48. The van der Waals surface area contributed by atoms with E-state index in [1.54, 1.807) is 50.9 Å². The zero-order valence-electron chi connectivity index (χ0n) is 25.7. The Morgan fingerprint density at radius 1 is 1.21 bits per heavy atom. The number of urea groups is 1. The lowest BCUT2D eigenvalue weighted by Gasteiger charge is -2.34. The highest BCUT2D eigenvalue weighted by Crippen LogP contribution is 2.29. The summed E-state index contributed by atoms with van der Waals surface area (Å²) in [7, 11) is 1.67. The summed E-state index contributed by atoms with van der Waals surface area (Å²) in [5.41, 5.74) is 2.30. The number of hydrogen-bond acceptors (Lipinski definition) is 9. The molecule has 2 aliphatic rings. The summed E-state index contributed by atoms with van der Waals surface area (Å²) in [6, 6.07) is 4.53. The molecule has 1 fully saturated rings. The molecule has 0 aliphatic carbocycles. The molecule has 0 spiro atoms. The number of aromatic nitrogens is 1. The van der Waals surface area contributed by atoms with Gasteiger partial charge in [0.05, 0.1) is 38.8 Å². The second-order valence-electron chi connectivity index (χ2n) is 11.5. The third-order valence-electron chi connectivity index (χ3n) is 8.02. The highest BCUT2D eigenvalue weighted by atomic mass is 16.5. The predicted octanol–water partition coefficient (Wildman–Crippen LogP) is 2.27. The van der Waals surface area contributed by atoms with Crippen LogP contribution in [0.4, 0.5) is 16.2 Å². The molecule has 0 radical (unpaired) electrons. The van der Waals surface area contributed by atoms with Crippen molar-refractivity contribution in [3.8, 4) is 5.75 Å². The monoisotopic (exact) mass is 600 g/mol. The average Bonchev–Trinajstić information content (AvgIpc) is 3.32. The molecule has 2 aliphatic heterocycles. The Labute approximate surface area is 252 Å². The van der Waals surface area contributed by atoms with E-state index in [0.717, 1.165) is 13.1 Å². The van der Waals surface area contributed by atoms with Gasteiger partial charge in [-0.3, -0.25) is 14.5 Å². The van der Waals surface area contributed by atoms with Crippen molar-refractivity contribution in [2.75, 3.05) is 70.2 Å². The first-order chi connectivity index (χ1) is 20.5. The van der Waals surface area contributed by atoms with E-state index in [9.17, 15) is 19.5 Å². The number of amides is 4. The van der Waals surface area contributed by atoms with E-state index in [1.807, 2.05) is 6.92 Å². The number of anilines is 2. The van der Waals surface area contributed by atoms with Crippen molar-refractivity contribution < 1.29 is 33.5 Å². The van der Waals surface area contributed by atoms with Crippen LogP contribution in [-0.4, -0.2) is 115 Å². The molecule has 3 atom stereocenters. The van der Waals surface area contributed by atoms with E-state index in [1.165, 1.54) is 4.90 Å². The van der Waals surface area contributed by atoms with E-state index >= 15 is 0 Å². The molecular weight excluding hydrogens is 556 g/mol. The van der Waals surface area contributed by atoms with Crippen LogP contribution in [0.5, 0.6) is 5.75 Å². The number of carbonyl (C=O) groups is 3. The van der Waals surface area contributed by atoms with Crippen molar-refractivity contribution in [2.45, 2.75) is 52.7 Å². The first kappa shape index (κ1) is 32.2. The molecule has 3 N–H and O–H groups in total. The van der Waals surface area contributed by atoms with Gasteiger partial charge in [0.15, 0.2) is 5.76 Å². The quantitative estimate of drug-likeness (QED) is 0.394. The molecule has 4 amide bonds. The number of benzene rings is 1. The minimum atomic E-state index is -0.479. The molecule has 3 heterocycles. The van der Waals surface area contributed by atoms with Crippen molar-refractivity contribution >= 4 is 29.2 Å². The summed E-state index contributed by atoms with van der Waals surface area (Å²) in [4.78, 5) is 44.7. The van der Waals surface area contributed by atoms with Crippen molar-refractivity contribution in [1.29, 1.82) is 0 Å². The third-order valence-corrected chi connectivity index (χ3v) is 8.02. The molecular formula is C30H44N6O7. The Kier molecular flexibility index (Phi) is 11.0. The van der Waals surface area contributed by atoms with Crippen molar-refractivity contribution in [2.24, 2.45) is 5.92 Å². The van der Waals surface area contributed by atoms with E-state index in [2.05, 4.69) is 20.7 Å². The standard InChI is InChI=1S/C30H44N6O7/c1-19-16-36(20(2)18-37)28(39)15-23-14-24(31-27(38)8-9-35-10-12-41-13-11-35)6-7-25(23)42-26(19)17-34(5)30(40)32-29-21(3)33-43-22(29)4/h6-7,14,19-20,26,37H,8-13,15-18H2,1-5H3,(H,31,38)(H,32,40)/t19-,20-,26+/m1/s1. The first-order valence-corrected chi connectivity index (χ1v) is 14.8. The van der Waals surface area contributed by atoms with Crippen LogP contribution in [0, 0.1) is 19.8 Å². The molecule has 4 rings (SSSR count). The molecule has 1 aromatic heterocycles. The number of likely N-dealkylation sites (N-methyl/N-ethyl adjacent to an activating group) is 1. The fourth-order valence-electron chi connectivity index (χ4n) is 5.25. The van der Waals surface area contributed by atoms with Gasteiger partial charge in [-0.25, -0.2) is 4.79 Å². The molecule has 13 heteroatoms. The van der Waals surface area contributed by atoms with Crippen LogP contribution in [0.3, 0.4) is 0 Å². The summed E-state index contributed by atoms with van der Waals surface area (Å²) in [5.74, 6) is 0.567. The second-order valence-corrected chi connectivity index (χ2v) is 11.5. The largest absolute Gasteiger partial charge is 0.488 e. The van der Waals surface area contributed by atoms with E-state index in [0.29, 0.717) is 66.9 Å². The number of fused-ring (bicyclic) bond motifs is 1. The van der Waals surface area contributed by atoms with Gasteiger partial charge in [0.2, 0.25) is 11.8 Å². The minimum Gasteiger partial charge on any atom is -0.488 e. The van der Waals surface area contributed by atoms with Crippen LogP contribution in [-0.2, 0) is 20.7 Å².